The van der Waals surface area contributed by atoms with E-state index in [1.54, 1.807) is 11.8 Å². The fourth-order valence-corrected chi connectivity index (χ4v) is 0.858. The van der Waals surface area contributed by atoms with Gasteiger partial charge >= 0.3 is 7.75 Å². The van der Waals surface area contributed by atoms with Gasteiger partial charge in [-0.25, -0.2) is 10.1 Å². The second-order valence-electron chi connectivity index (χ2n) is 1.76. The Morgan fingerprint density at radius 2 is 2.00 bits per heavy atom. The molecule has 0 unspecified atom stereocenters. The second kappa shape index (κ2) is 7.97. The van der Waals surface area contributed by atoms with E-state index in [-0.39, 0.29) is 0 Å². The Kier molecular flexibility index (Phi) is 9.87. The van der Waals surface area contributed by atoms with Crippen LogP contribution in [0.2, 0.25) is 0 Å². The molecule has 5 nitrogen and oxygen atoms in total. The molecule has 0 amide bonds. The average molecular weight is 232 g/mol. The van der Waals surface area contributed by atoms with Gasteiger partial charge in [-0.3, -0.25) is 0 Å². The molecule has 0 fully saturated rings. The lowest BCUT2D eigenvalue weighted by Gasteiger charge is -1.90. The van der Waals surface area contributed by atoms with Crippen molar-refractivity contribution in [3.63, 3.8) is 0 Å². The molecule has 0 heterocycles. The molecule has 0 bridgehead atoms. The summed E-state index contributed by atoms with van der Waals surface area (Å²) in [5.41, 5.74) is 9.19. The van der Waals surface area contributed by atoms with Crippen LogP contribution in [0.3, 0.4) is 0 Å². The zero-order valence-electron chi connectivity index (χ0n) is 6.64. The van der Waals surface area contributed by atoms with Gasteiger partial charge in [0, 0.05) is 0 Å². The van der Waals surface area contributed by atoms with Crippen molar-refractivity contribution in [2.24, 2.45) is 11.2 Å². The van der Waals surface area contributed by atoms with E-state index < -0.39 is 7.75 Å². The Hall–Kier alpha value is 0.350. The van der Waals surface area contributed by atoms with Gasteiger partial charge in [-0.15, -0.1) is 0 Å². The third kappa shape index (κ3) is 47.8. The maximum atomic E-state index is 9.10. The van der Waals surface area contributed by atoms with Crippen molar-refractivity contribution < 1.29 is 14.4 Å². The lowest BCUT2D eigenvalue weighted by molar-refractivity contribution is 0.374. The summed E-state index contributed by atoms with van der Waals surface area (Å²) in [7, 11) is -4.14. The van der Waals surface area contributed by atoms with Crippen LogP contribution in [0.15, 0.2) is 0 Å². The van der Waals surface area contributed by atoms with E-state index in [2.05, 4.69) is 24.6 Å². The monoisotopic (exact) mass is 232 g/mol. The lowest BCUT2D eigenvalue weighted by atomic mass is 10.6. The number of hydrogen-bond donors (Lipinski definition) is 4. The summed E-state index contributed by atoms with van der Waals surface area (Å²) in [6.45, 7) is 2.10. The zero-order valence-corrected chi connectivity index (χ0v) is 9.16. The van der Waals surface area contributed by atoms with Crippen LogP contribution in [0, 0.1) is 0 Å². The van der Waals surface area contributed by atoms with Gasteiger partial charge in [-0.1, -0.05) is 30.9 Å². The van der Waals surface area contributed by atoms with Crippen molar-refractivity contribution in [3.8, 4) is 0 Å². The molecule has 0 aliphatic heterocycles. The third-order valence-corrected chi connectivity index (χ3v) is 1.70. The molecular formula is C4H13N2O3PS2. The van der Waals surface area contributed by atoms with Crippen LogP contribution < -0.4 is 11.2 Å². The molecule has 12 heavy (non-hydrogen) atoms. The Bertz CT molecular complexity index is 163. The second-order valence-corrected chi connectivity index (χ2v) is 4.77. The van der Waals surface area contributed by atoms with Crippen LogP contribution in [0.5, 0.6) is 0 Å². The van der Waals surface area contributed by atoms with Crippen molar-refractivity contribution in [2.45, 2.75) is 13.3 Å². The molecule has 0 aromatic carbocycles. The topological polar surface area (TPSA) is 110 Å². The van der Waals surface area contributed by atoms with Crippen molar-refractivity contribution in [2.75, 3.05) is 5.75 Å². The number of rotatable bonds is 2. The van der Waals surface area contributed by atoms with Gasteiger partial charge in [0.15, 0.2) is 0 Å². The third-order valence-electron chi connectivity index (χ3n) is 0.448. The van der Waals surface area contributed by atoms with Crippen molar-refractivity contribution in [1.82, 2.24) is 0 Å². The van der Waals surface area contributed by atoms with Gasteiger partial charge in [0.25, 0.3) is 0 Å². The molecule has 8 heteroatoms. The predicted octanol–water partition coefficient (Wildman–Crippen LogP) is 0.411. The highest BCUT2D eigenvalue weighted by molar-refractivity contribution is 8.22. The number of hydrogen-bond acceptors (Lipinski definition) is 3. The molecule has 0 radical (unpaired) electrons. The van der Waals surface area contributed by atoms with Crippen molar-refractivity contribution in [1.29, 1.82) is 0 Å². The minimum Gasteiger partial charge on any atom is -0.385 e. The fraction of sp³-hybridized carbons (Fsp3) is 0.750. The molecule has 0 aromatic heterocycles. The molecule has 0 aliphatic rings. The zero-order chi connectivity index (χ0) is 10.2. The fourth-order valence-electron chi connectivity index (χ4n) is 0.203. The Labute approximate surface area is 81.1 Å². The van der Waals surface area contributed by atoms with Crippen LogP contribution >= 0.6 is 31.7 Å². The number of thioether (sulfide) groups is 1. The molecule has 0 spiro atoms. The molecular weight excluding hydrogens is 219 g/mol. The summed E-state index contributed by atoms with van der Waals surface area (Å²) in [5.74, 6) is 1.05. The van der Waals surface area contributed by atoms with E-state index in [0.717, 1.165) is 12.2 Å². The summed E-state index contributed by atoms with van der Waals surface area (Å²) >= 11 is 6.14. The summed E-state index contributed by atoms with van der Waals surface area (Å²) < 4.78 is 9.66. The Morgan fingerprint density at radius 3 is 2.08 bits per heavy atom. The van der Waals surface area contributed by atoms with Crippen LogP contribution in [0.1, 0.15) is 13.3 Å². The molecule has 0 saturated heterocycles. The van der Waals surface area contributed by atoms with E-state index in [4.69, 9.17) is 20.1 Å². The minimum absolute atomic E-state index is 0.557. The van der Waals surface area contributed by atoms with Crippen LogP contribution in [0.25, 0.3) is 0 Å². The molecule has 0 aromatic rings. The highest BCUT2D eigenvalue weighted by Crippen LogP contribution is 2.20. The summed E-state index contributed by atoms with van der Waals surface area (Å²) in [5, 5.41) is 0. The van der Waals surface area contributed by atoms with Crippen molar-refractivity contribution >= 4 is 36.0 Å². The van der Waals surface area contributed by atoms with E-state index in [0.29, 0.717) is 4.32 Å². The van der Waals surface area contributed by atoms with Gasteiger partial charge in [-0.2, -0.15) is 0 Å². The van der Waals surface area contributed by atoms with Gasteiger partial charge in [0.2, 0.25) is 0 Å². The normalized spacial score (nSPS) is 10.0. The van der Waals surface area contributed by atoms with Gasteiger partial charge < -0.3 is 15.5 Å². The lowest BCUT2D eigenvalue weighted by Crippen LogP contribution is -2.01. The maximum Gasteiger partial charge on any atom is 0.397 e. The first kappa shape index (κ1) is 14.9. The summed E-state index contributed by atoms with van der Waals surface area (Å²) in [4.78, 5) is 14.8. The average Bonchev–Trinajstić information content (AvgIpc) is 1.79. The first-order valence-electron chi connectivity index (χ1n) is 3.03. The summed E-state index contributed by atoms with van der Waals surface area (Å²) in [6, 6.07) is 0. The van der Waals surface area contributed by atoms with Crippen molar-refractivity contribution in [3.05, 3.63) is 0 Å². The summed E-state index contributed by atoms with van der Waals surface area (Å²) in [6.07, 6.45) is 1.14. The molecule has 6 N–H and O–H groups in total. The van der Waals surface area contributed by atoms with Gasteiger partial charge in [0.05, 0.1) is 0 Å². The number of thiocarbonyl (C=S) groups is 1. The SMILES string of the molecule is CCCSC(N)=S.NP(=O)(O)O. The maximum absolute atomic E-state index is 9.10. The standard InChI is InChI=1S/C4H9NS2.H4NO3P/c1-2-3-7-4(5)6;1-5(2,3)4/h2-3H2,1H3,(H2,5,6);(H4,1,2,3,4). The van der Waals surface area contributed by atoms with E-state index in [9.17, 15) is 0 Å². The largest absolute Gasteiger partial charge is 0.397 e. The number of nitrogens with two attached hydrogens (primary N) is 2. The molecule has 0 aliphatic carbocycles. The quantitative estimate of drug-likeness (QED) is 0.403. The predicted molar refractivity (Wildman–Crippen MR) is 55.8 cm³/mol. The van der Waals surface area contributed by atoms with E-state index in [1.165, 1.54) is 0 Å². The Morgan fingerprint density at radius 1 is 1.67 bits per heavy atom. The smallest absolute Gasteiger partial charge is 0.385 e. The van der Waals surface area contributed by atoms with Gasteiger partial charge in [-0.05, 0) is 12.2 Å². The van der Waals surface area contributed by atoms with Crippen LogP contribution in [0.4, 0.5) is 0 Å². The molecule has 0 atom stereocenters. The van der Waals surface area contributed by atoms with E-state index in [1.807, 2.05) is 0 Å². The molecule has 0 rings (SSSR count). The molecule has 0 saturated carbocycles. The van der Waals surface area contributed by atoms with Crippen LogP contribution in [-0.2, 0) is 4.57 Å². The van der Waals surface area contributed by atoms with Gasteiger partial charge in [0.1, 0.15) is 4.32 Å². The minimum atomic E-state index is -4.14. The highest BCUT2D eigenvalue weighted by atomic mass is 32.2. The first-order valence-corrected chi connectivity index (χ1v) is 6.11. The first-order chi connectivity index (χ1) is 5.27. The van der Waals surface area contributed by atoms with E-state index >= 15 is 0 Å². The highest BCUT2D eigenvalue weighted by Gasteiger charge is 1.96. The van der Waals surface area contributed by atoms with Crippen LogP contribution in [-0.4, -0.2) is 19.9 Å². The Balaban J connectivity index is 0. The molecule has 74 valence electrons.